The van der Waals surface area contributed by atoms with Gasteiger partial charge < -0.3 is 14.7 Å². The molecule has 7 nitrogen and oxygen atoms in total. The van der Waals surface area contributed by atoms with E-state index < -0.39 is 0 Å². The normalized spacial score (nSPS) is 10.5. The van der Waals surface area contributed by atoms with Gasteiger partial charge in [0.05, 0.1) is 11.9 Å². The third kappa shape index (κ3) is 4.33. The van der Waals surface area contributed by atoms with Crippen molar-refractivity contribution in [2.24, 2.45) is 0 Å². The minimum Gasteiger partial charge on any atom is -0.332 e. The molecule has 3 aromatic rings. The number of nitrogens with one attached hydrogen (secondary N) is 1. The van der Waals surface area contributed by atoms with Crippen molar-refractivity contribution in [3.8, 4) is 11.6 Å². The number of rotatable bonds is 4. The molecule has 0 saturated heterocycles. The summed E-state index contributed by atoms with van der Waals surface area (Å²) in [6.45, 7) is 2.20. The number of carbonyl (C=O) groups excluding carboxylic acids is 1. The van der Waals surface area contributed by atoms with Crippen LogP contribution < -0.4 is 5.32 Å². The van der Waals surface area contributed by atoms with Crippen molar-refractivity contribution >= 4 is 23.3 Å². The number of aryl methyl sites for hydroxylation is 1. The van der Waals surface area contributed by atoms with E-state index in [1.54, 1.807) is 49.3 Å². The molecule has 2 aromatic heterocycles. The van der Waals surface area contributed by atoms with Crippen LogP contribution in [0.15, 0.2) is 47.1 Å². The Labute approximate surface area is 149 Å². The smallest absolute Gasteiger partial charge is 0.321 e. The molecule has 0 fully saturated rings. The highest BCUT2D eigenvalue weighted by molar-refractivity contribution is 6.30. The van der Waals surface area contributed by atoms with Gasteiger partial charge in [-0.15, -0.1) is 0 Å². The number of pyridine rings is 1. The van der Waals surface area contributed by atoms with Crippen LogP contribution in [0, 0.1) is 6.92 Å². The van der Waals surface area contributed by atoms with E-state index in [1.807, 2.05) is 12.1 Å². The Morgan fingerprint density at radius 1 is 1.24 bits per heavy atom. The number of hydrogen-bond donors (Lipinski definition) is 1. The van der Waals surface area contributed by atoms with Crippen molar-refractivity contribution in [3.63, 3.8) is 0 Å². The van der Waals surface area contributed by atoms with Gasteiger partial charge >= 0.3 is 6.03 Å². The number of anilines is 1. The zero-order valence-corrected chi connectivity index (χ0v) is 14.5. The fourth-order valence-corrected chi connectivity index (χ4v) is 2.28. The molecule has 0 saturated carbocycles. The van der Waals surface area contributed by atoms with Gasteiger partial charge in [0.1, 0.15) is 5.69 Å². The van der Waals surface area contributed by atoms with Crippen molar-refractivity contribution in [2.75, 3.05) is 12.4 Å². The molecular weight excluding hydrogens is 342 g/mol. The molecule has 0 radical (unpaired) electrons. The second-order valence-electron chi connectivity index (χ2n) is 5.49. The summed E-state index contributed by atoms with van der Waals surface area (Å²) in [5.74, 6) is 0.883. The minimum absolute atomic E-state index is 0.238. The monoisotopic (exact) mass is 357 g/mol. The largest absolute Gasteiger partial charge is 0.332 e. The molecular formula is C17H16ClN5O2. The quantitative estimate of drug-likeness (QED) is 0.768. The molecule has 8 heteroatoms. The number of aromatic nitrogens is 3. The van der Waals surface area contributed by atoms with E-state index in [4.69, 9.17) is 16.1 Å². The van der Waals surface area contributed by atoms with Gasteiger partial charge in [0.2, 0.25) is 0 Å². The fraction of sp³-hybridized carbons (Fsp3) is 0.176. The predicted molar refractivity (Wildman–Crippen MR) is 94.2 cm³/mol. The van der Waals surface area contributed by atoms with E-state index in [0.29, 0.717) is 34.7 Å². The maximum atomic E-state index is 12.3. The summed E-state index contributed by atoms with van der Waals surface area (Å²) >= 11 is 5.86. The Morgan fingerprint density at radius 3 is 2.60 bits per heavy atom. The lowest BCUT2D eigenvalue weighted by atomic mass is 10.2. The molecule has 2 heterocycles. The molecule has 3 rings (SSSR count). The van der Waals surface area contributed by atoms with Gasteiger partial charge in [-0.2, -0.15) is 4.98 Å². The van der Waals surface area contributed by atoms with Crippen LogP contribution in [0.1, 0.15) is 11.4 Å². The Hall–Kier alpha value is -2.93. The van der Waals surface area contributed by atoms with Crippen molar-refractivity contribution in [1.82, 2.24) is 20.0 Å². The lowest BCUT2D eigenvalue weighted by Crippen LogP contribution is -2.30. The molecule has 25 heavy (non-hydrogen) atoms. The van der Waals surface area contributed by atoms with E-state index in [0.717, 1.165) is 5.56 Å². The van der Waals surface area contributed by atoms with Crippen LogP contribution >= 0.6 is 11.6 Å². The first-order valence-electron chi connectivity index (χ1n) is 7.54. The lowest BCUT2D eigenvalue weighted by molar-refractivity contribution is 0.220. The average Bonchev–Trinajstić information content (AvgIpc) is 3.04. The highest BCUT2D eigenvalue weighted by Crippen LogP contribution is 2.17. The molecule has 2 amide bonds. The molecule has 0 spiro atoms. The fourth-order valence-electron chi connectivity index (χ4n) is 2.15. The highest BCUT2D eigenvalue weighted by atomic mass is 35.5. The number of halogens is 1. The third-order valence-electron chi connectivity index (χ3n) is 3.44. The second kappa shape index (κ2) is 7.31. The summed E-state index contributed by atoms with van der Waals surface area (Å²) in [6.07, 6.45) is 1.54. The van der Waals surface area contributed by atoms with E-state index >= 15 is 0 Å². The summed E-state index contributed by atoms with van der Waals surface area (Å²) in [7, 11) is 1.72. The topological polar surface area (TPSA) is 84.2 Å². The van der Waals surface area contributed by atoms with Crippen molar-refractivity contribution in [2.45, 2.75) is 13.5 Å². The standard InChI is InChI=1S/C17H16ClN5O2/c1-11-20-16(25-22-11)15-8-7-14(9-19-15)21-17(24)23(2)10-12-3-5-13(18)6-4-12/h3-9H,10H2,1-2H3,(H,21,24). The number of nitrogens with zero attached hydrogens (tertiary/aromatic N) is 4. The zero-order valence-electron chi connectivity index (χ0n) is 13.7. The van der Waals surface area contributed by atoms with Gasteiger partial charge in [-0.3, -0.25) is 0 Å². The van der Waals surface area contributed by atoms with Crippen LogP contribution in [0.2, 0.25) is 5.02 Å². The molecule has 0 aliphatic heterocycles. The molecule has 0 bridgehead atoms. The molecule has 1 N–H and O–H groups in total. The summed E-state index contributed by atoms with van der Waals surface area (Å²) in [4.78, 5) is 22.2. The number of amides is 2. The first-order valence-corrected chi connectivity index (χ1v) is 7.92. The van der Waals surface area contributed by atoms with Gasteiger partial charge in [0.25, 0.3) is 5.89 Å². The molecule has 128 valence electrons. The van der Waals surface area contributed by atoms with Gasteiger partial charge in [-0.05, 0) is 36.8 Å². The number of benzene rings is 1. The predicted octanol–water partition coefficient (Wildman–Crippen LogP) is 3.76. The lowest BCUT2D eigenvalue weighted by Gasteiger charge is -2.18. The van der Waals surface area contributed by atoms with E-state index in [2.05, 4.69) is 20.4 Å². The maximum Gasteiger partial charge on any atom is 0.321 e. The van der Waals surface area contributed by atoms with Gasteiger partial charge in [0.15, 0.2) is 5.82 Å². The van der Waals surface area contributed by atoms with E-state index in [1.165, 1.54) is 0 Å². The molecule has 1 aromatic carbocycles. The van der Waals surface area contributed by atoms with Crippen LogP contribution in [0.4, 0.5) is 10.5 Å². The van der Waals surface area contributed by atoms with Gasteiger partial charge in [0, 0.05) is 18.6 Å². The zero-order chi connectivity index (χ0) is 17.8. The second-order valence-corrected chi connectivity index (χ2v) is 5.93. The SMILES string of the molecule is Cc1noc(-c2ccc(NC(=O)N(C)Cc3ccc(Cl)cc3)cn2)n1. The Kier molecular flexibility index (Phi) is 4.95. The Bertz CT molecular complexity index is 862. The number of hydrogen-bond acceptors (Lipinski definition) is 5. The van der Waals surface area contributed by atoms with Crippen molar-refractivity contribution < 1.29 is 9.32 Å². The number of carbonyl (C=O) groups is 1. The van der Waals surface area contributed by atoms with Crippen molar-refractivity contribution in [3.05, 3.63) is 59.0 Å². The minimum atomic E-state index is -0.238. The molecule has 0 aliphatic carbocycles. The van der Waals surface area contributed by atoms with Crippen LogP contribution in [-0.2, 0) is 6.54 Å². The van der Waals surface area contributed by atoms with E-state index in [9.17, 15) is 4.79 Å². The highest BCUT2D eigenvalue weighted by Gasteiger charge is 2.11. The van der Waals surface area contributed by atoms with Crippen LogP contribution in [-0.4, -0.2) is 33.1 Å². The van der Waals surface area contributed by atoms with Crippen LogP contribution in [0.5, 0.6) is 0 Å². The van der Waals surface area contributed by atoms with Crippen LogP contribution in [0.3, 0.4) is 0 Å². The van der Waals surface area contributed by atoms with Crippen LogP contribution in [0.25, 0.3) is 11.6 Å². The number of urea groups is 1. The summed E-state index contributed by atoms with van der Waals surface area (Å²) in [6, 6.07) is 10.6. The maximum absolute atomic E-state index is 12.3. The first kappa shape index (κ1) is 16.9. The van der Waals surface area contributed by atoms with Crippen molar-refractivity contribution in [1.29, 1.82) is 0 Å². The summed E-state index contributed by atoms with van der Waals surface area (Å²) in [5, 5.41) is 7.18. The van der Waals surface area contributed by atoms with E-state index in [-0.39, 0.29) is 6.03 Å². The first-order chi connectivity index (χ1) is 12.0. The summed E-state index contributed by atoms with van der Waals surface area (Å²) < 4.78 is 5.06. The molecule has 0 atom stereocenters. The third-order valence-corrected chi connectivity index (χ3v) is 3.69. The Morgan fingerprint density at radius 2 is 2.00 bits per heavy atom. The summed E-state index contributed by atoms with van der Waals surface area (Å²) in [5.41, 5.74) is 2.11. The molecule has 0 aliphatic rings. The molecule has 0 unspecified atom stereocenters. The van der Waals surface area contributed by atoms with Gasteiger partial charge in [-0.25, -0.2) is 9.78 Å². The Balaban J connectivity index is 1.61. The van der Waals surface area contributed by atoms with Gasteiger partial charge in [-0.1, -0.05) is 28.9 Å². The average molecular weight is 358 g/mol.